The molecule has 0 amide bonds. The predicted octanol–water partition coefficient (Wildman–Crippen LogP) is 5.09. The van der Waals surface area contributed by atoms with Gasteiger partial charge in [0.25, 0.3) is 0 Å². The Bertz CT molecular complexity index is 522. The molecule has 0 heterocycles. The molecule has 0 spiro atoms. The molecule has 4 nitrogen and oxygen atoms in total. The lowest BCUT2D eigenvalue weighted by molar-refractivity contribution is -0.137. The minimum absolute atomic E-state index is 0.0356. The first-order valence-electron chi connectivity index (χ1n) is 9.52. The molecule has 0 aliphatic rings. The Balaban J connectivity index is 3.78. The highest BCUT2D eigenvalue weighted by molar-refractivity contribution is 5.66. The molecule has 0 unspecified atom stereocenters. The van der Waals surface area contributed by atoms with Crippen LogP contribution in [-0.2, 0) is 4.79 Å². The van der Waals surface area contributed by atoms with E-state index in [2.05, 4.69) is 0 Å². The van der Waals surface area contributed by atoms with Gasteiger partial charge in [0.1, 0.15) is 0 Å². The number of unbranched alkanes of at least 4 members (excludes halogenated alkanes) is 3. The molecule has 2 atom stereocenters. The Morgan fingerprint density at radius 3 is 2.11 bits per heavy atom. The number of hydrogen-bond donors (Lipinski definition) is 3. The lowest BCUT2D eigenvalue weighted by Crippen LogP contribution is -2.06. The van der Waals surface area contributed by atoms with Crippen LogP contribution in [0.1, 0.15) is 57.8 Å². The molecule has 0 aromatic heterocycles. The number of aliphatic hydroxyl groups is 2. The van der Waals surface area contributed by atoms with E-state index in [0.717, 1.165) is 0 Å². The van der Waals surface area contributed by atoms with Crippen LogP contribution in [0.15, 0.2) is 48.6 Å². The molecule has 0 saturated carbocycles. The van der Waals surface area contributed by atoms with Gasteiger partial charge < -0.3 is 15.3 Å². The number of carbonyl (C=O) groups is 1. The molecule has 0 aromatic rings. The van der Waals surface area contributed by atoms with Crippen molar-refractivity contribution in [3.05, 3.63) is 48.6 Å². The molecule has 0 aliphatic heterocycles. The third kappa shape index (κ3) is 20.5. The van der Waals surface area contributed by atoms with Gasteiger partial charge in [0, 0.05) is 12.8 Å². The summed E-state index contributed by atoms with van der Waals surface area (Å²) >= 11 is 0. The van der Waals surface area contributed by atoms with Crippen molar-refractivity contribution < 1.29 is 33.3 Å². The molecule has 0 aliphatic carbocycles. The number of hydrogen-bond acceptors (Lipinski definition) is 3. The van der Waals surface area contributed by atoms with Crippen LogP contribution in [0.4, 0.5) is 13.2 Å². The van der Waals surface area contributed by atoms with E-state index in [9.17, 15) is 28.2 Å². The number of carboxylic acid groups (broad SMARTS) is 1. The van der Waals surface area contributed by atoms with Crippen molar-refractivity contribution in [3.8, 4) is 0 Å². The standard InChI is InChI=1S/C21H31F3O4/c22-21(23,24)17-10-6-2-1-3-7-12-18(25)13-8-4-5-9-14-19(26)15-11-16-20(27)28/h3-5,7-9,13-14,18-19,25-26H,1-2,6,10-12,15-17H2,(H,27,28)/b5-4+,7-3-,13-8+,14-9-/t18-,19-/m1/s1. The first-order valence-corrected chi connectivity index (χ1v) is 9.52. The first kappa shape index (κ1) is 26.1. The van der Waals surface area contributed by atoms with Gasteiger partial charge in [0.05, 0.1) is 12.2 Å². The normalized spacial score (nSPS) is 15.3. The van der Waals surface area contributed by atoms with Crippen LogP contribution in [0.3, 0.4) is 0 Å². The monoisotopic (exact) mass is 404 g/mol. The Morgan fingerprint density at radius 2 is 1.50 bits per heavy atom. The van der Waals surface area contributed by atoms with E-state index in [1.807, 2.05) is 12.2 Å². The molecule has 28 heavy (non-hydrogen) atoms. The highest BCUT2D eigenvalue weighted by Gasteiger charge is 2.25. The summed E-state index contributed by atoms with van der Waals surface area (Å²) in [6.45, 7) is 0. The van der Waals surface area contributed by atoms with Crippen molar-refractivity contribution in [1.29, 1.82) is 0 Å². The highest BCUT2D eigenvalue weighted by Crippen LogP contribution is 2.22. The van der Waals surface area contributed by atoms with Crippen LogP contribution in [0.25, 0.3) is 0 Å². The van der Waals surface area contributed by atoms with Crippen molar-refractivity contribution >= 4 is 5.97 Å². The molecule has 3 N–H and O–H groups in total. The fourth-order valence-corrected chi connectivity index (χ4v) is 2.27. The van der Waals surface area contributed by atoms with Crippen molar-refractivity contribution in [1.82, 2.24) is 0 Å². The van der Waals surface area contributed by atoms with Gasteiger partial charge >= 0.3 is 12.1 Å². The van der Waals surface area contributed by atoms with E-state index in [1.165, 1.54) is 0 Å². The average Bonchev–Trinajstić information content (AvgIpc) is 2.59. The summed E-state index contributed by atoms with van der Waals surface area (Å²) in [5.41, 5.74) is 0. The molecule has 160 valence electrons. The third-order valence-corrected chi connectivity index (χ3v) is 3.77. The first-order chi connectivity index (χ1) is 13.2. The fraction of sp³-hybridized carbons (Fsp3) is 0.571. The molecule has 7 heteroatoms. The van der Waals surface area contributed by atoms with Crippen LogP contribution in [0, 0.1) is 0 Å². The smallest absolute Gasteiger partial charge is 0.389 e. The Labute approximate surface area is 164 Å². The lowest BCUT2D eigenvalue weighted by Gasteiger charge is -2.04. The van der Waals surface area contributed by atoms with E-state index in [1.54, 1.807) is 36.5 Å². The Hall–Kier alpha value is -1.86. The van der Waals surface area contributed by atoms with Crippen molar-refractivity contribution in [3.63, 3.8) is 0 Å². The summed E-state index contributed by atoms with van der Waals surface area (Å²) < 4.78 is 35.9. The predicted molar refractivity (Wildman–Crippen MR) is 104 cm³/mol. The topological polar surface area (TPSA) is 77.8 Å². The fourth-order valence-electron chi connectivity index (χ4n) is 2.27. The maximum absolute atomic E-state index is 12.0. The second kappa shape index (κ2) is 16.1. The van der Waals surface area contributed by atoms with E-state index in [-0.39, 0.29) is 12.8 Å². The van der Waals surface area contributed by atoms with Crippen molar-refractivity contribution in [2.75, 3.05) is 0 Å². The third-order valence-electron chi connectivity index (χ3n) is 3.77. The van der Waals surface area contributed by atoms with Crippen LogP contribution < -0.4 is 0 Å². The minimum atomic E-state index is -4.07. The van der Waals surface area contributed by atoms with Gasteiger partial charge in [0.15, 0.2) is 0 Å². The lowest BCUT2D eigenvalue weighted by atomic mass is 10.1. The van der Waals surface area contributed by atoms with Crippen LogP contribution in [0.2, 0.25) is 0 Å². The largest absolute Gasteiger partial charge is 0.481 e. The van der Waals surface area contributed by atoms with Gasteiger partial charge in [-0.25, -0.2) is 0 Å². The van der Waals surface area contributed by atoms with Crippen LogP contribution in [0.5, 0.6) is 0 Å². The SMILES string of the molecule is O=C(O)CCC[C@H](O)\C=C/C=C/C=C/[C@H](O)C/C=C\CCCCCC(F)(F)F. The zero-order valence-electron chi connectivity index (χ0n) is 16.0. The van der Waals surface area contributed by atoms with E-state index in [0.29, 0.717) is 38.5 Å². The van der Waals surface area contributed by atoms with Gasteiger partial charge in [-0.2, -0.15) is 13.2 Å². The van der Waals surface area contributed by atoms with Crippen molar-refractivity contribution in [2.24, 2.45) is 0 Å². The zero-order valence-corrected chi connectivity index (χ0v) is 16.0. The number of carboxylic acids is 1. The molecular formula is C21H31F3O4. The summed E-state index contributed by atoms with van der Waals surface area (Å²) in [6, 6.07) is 0. The molecule has 0 radical (unpaired) electrons. The number of alkyl halides is 3. The summed E-state index contributed by atoms with van der Waals surface area (Å²) in [5.74, 6) is -0.879. The van der Waals surface area contributed by atoms with Gasteiger partial charge in [-0.3, -0.25) is 4.79 Å². The quantitative estimate of drug-likeness (QED) is 0.202. The van der Waals surface area contributed by atoms with Gasteiger partial charge in [0.2, 0.25) is 0 Å². The molecule has 0 rings (SSSR count). The number of allylic oxidation sites excluding steroid dienone is 5. The summed E-state index contributed by atoms with van der Waals surface area (Å²) in [6.07, 6.45) is 10.8. The Morgan fingerprint density at radius 1 is 0.857 bits per heavy atom. The summed E-state index contributed by atoms with van der Waals surface area (Å²) in [5, 5.41) is 27.9. The number of aliphatic hydroxyl groups excluding tert-OH is 2. The van der Waals surface area contributed by atoms with Gasteiger partial charge in [-0.05, 0) is 38.5 Å². The second-order valence-corrected chi connectivity index (χ2v) is 6.50. The van der Waals surface area contributed by atoms with Crippen LogP contribution >= 0.6 is 0 Å². The van der Waals surface area contributed by atoms with E-state index in [4.69, 9.17) is 5.11 Å². The van der Waals surface area contributed by atoms with Gasteiger partial charge in [-0.15, -0.1) is 0 Å². The second-order valence-electron chi connectivity index (χ2n) is 6.50. The zero-order chi connectivity index (χ0) is 21.3. The molecule has 0 aromatic carbocycles. The molecule has 0 bridgehead atoms. The molecule has 0 saturated heterocycles. The summed E-state index contributed by atoms with van der Waals surface area (Å²) in [7, 11) is 0. The maximum Gasteiger partial charge on any atom is 0.389 e. The summed E-state index contributed by atoms with van der Waals surface area (Å²) in [4.78, 5) is 10.4. The maximum atomic E-state index is 12.0. The van der Waals surface area contributed by atoms with Crippen LogP contribution in [-0.4, -0.2) is 39.7 Å². The Kier molecular flexibility index (Phi) is 15.1. The minimum Gasteiger partial charge on any atom is -0.481 e. The number of aliphatic carboxylic acids is 1. The van der Waals surface area contributed by atoms with E-state index >= 15 is 0 Å². The van der Waals surface area contributed by atoms with E-state index < -0.39 is 30.8 Å². The highest BCUT2D eigenvalue weighted by atomic mass is 19.4. The number of halogens is 3. The van der Waals surface area contributed by atoms with Crippen molar-refractivity contribution in [2.45, 2.75) is 76.2 Å². The average molecular weight is 404 g/mol. The molecular weight excluding hydrogens is 373 g/mol. The molecule has 0 fully saturated rings. The van der Waals surface area contributed by atoms with Gasteiger partial charge in [-0.1, -0.05) is 55.0 Å². The number of rotatable bonds is 15.